The fraction of sp³-hybridized carbons (Fsp3) is 0.560. The average Bonchev–Trinajstić information content (AvgIpc) is 2.80. The summed E-state index contributed by atoms with van der Waals surface area (Å²) in [6, 6.07) is 8.19. The number of aryl methyl sites for hydroxylation is 1. The van der Waals surface area contributed by atoms with E-state index in [0.717, 1.165) is 23.3 Å². The number of benzene rings is 1. The molecule has 1 N–H and O–H groups in total. The number of rotatable bonds is 4. The first-order valence-electron chi connectivity index (χ1n) is 11.7. The number of nitrogens with one attached hydrogen (secondary N) is 1. The van der Waals surface area contributed by atoms with Gasteiger partial charge in [0.05, 0.1) is 17.4 Å². The van der Waals surface area contributed by atoms with Crippen molar-refractivity contribution in [2.75, 3.05) is 19.7 Å². The number of nitrogens with zero attached hydrogens (tertiary/aromatic N) is 1. The van der Waals surface area contributed by atoms with Crippen molar-refractivity contribution in [1.29, 1.82) is 0 Å². The van der Waals surface area contributed by atoms with Gasteiger partial charge in [0.1, 0.15) is 0 Å². The molecule has 1 saturated carbocycles. The van der Waals surface area contributed by atoms with Gasteiger partial charge in [-0.05, 0) is 57.6 Å². The van der Waals surface area contributed by atoms with E-state index in [9.17, 15) is 14.4 Å². The molecule has 3 atom stereocenters. The summed E-state index contributed by atoms with van der Waals surface area (Å²) < 4.78 is 5.12. The van der Waals surface area contributed by atoms with Gasteiger partial charge in [0.15, 0.2) is 0 Å². The molecule has 32 heavy (non-hydrogen) atoms. The fourth-order valence-corrected chi connectivity index (χ4v) is 6.18. The van der Waals surface area contributed by atoms with Gasteiger partial charge < -0.3 is 15.0 Å². The summed E-state index contributed by atoms with van der Waals surface area (Å²) in [6.45, 7) is 5.48. The van der Waals surface area contributed by atoms with Crippen molar-refractivity contribution < 1.29 is 19.1 Å². The first-order chi connectivity index (χ1) is 15.4. The number of carbonyl (C=O) groups excluding carboxylic acids is 3. The van der Waals surface area contributed by atoms with Crippen molar-refractivity contribution in [1.82, 2.24) is 10.2 Å². The Kier molecular flexibility index (Phi) is 7.23. The molecule has 3 aliphatic rings. The second kappa shape index (κ2) is 10.1. The average molecular weight is 457 g/mol. The standard InChI is InChI=1S/C25H32N2O4S/c1-3-31-25(30)18-10-12-27(13-11-18)24(29)19-8-9-21-20(15-19)26-23(28)22(32-21)14-17-6-4-16(2)5-7-17/h4-7,14,18-21H,3,8-13,15H2,1-2H3,(H,26,28)/b22-14+. The van der Waals surface area contributed by atoms with Crippen molar-refractivity contribution in [3.05, 3.63) is 40.3 Å². The smallest absolute Gasteiger partial charge is 0.309 e. The maximum Gasteiger partial charge on any atom is 0.309 e. The van der Waals surface area contributed by atoms with Crippen LogP contribution in [0.2, 0.25) is 0 Å². The summed E-state index contributed by atoms with van der Waals surface area (Å²) in [4.78, 5) is 40.4. The summed E-state index contributed by atoms with van der Waals surface area (Å²) >= 11 is 1.65. The number of fused-ring (bicyclic) bond motifs is 1. The Balaban J connectivity index is 1.32. The third-order valence-corrected chi connectivity index (χ3v) is 8.18. The Hall–Kier alpha value is -2.28. The van der Waals surface area contributed by atoms with Crippen molar-refractivity contribution in [2.24, 2.45) is 11.8 Å². The molecule has 0 spiro atoms. The van der Waals surface area contributed by atoms with Gasteiger partial charge in [-0.15, -0.1) is 11.8 Å². The number of likely N-dealkylation sites (tertiary alicyclic amines) is 1. The number of esters is 1. The molecular formula is C25H32N2O4S. The van der Waals surface area contributed by atoms with Gasteiger partial charge in [-0.25, -0.2) is 0 Å². The molecule has 172 valence electrons. The molecule has 2 aliphatic heterocycles. The van der Waals surface area contributed by atoms with Gasteiger partial charge in [0.25, 0.3) is 5.91 Å². The third kappa shape index (κ3) is 5.20. The fourth-order valence-electron chi connectivity index (χ4n) is 4.88. The van der Waals surface area contributed by atoms with Gasteiger partial charge in [-0.2, -0.15) is 0 Å². The largest absolute Gasteiger partial charge is 0.466 e. The predicted octanol–water partition coefficient (Wildman–Crippen LogP) is 3.54. The lowest BCUT2D eigenvalue weighted by molar-refractivity contribution is -0.152. The maximum absolute atomic E-state index is 13.1. The van der Waals surface area contributed by atoms with E-state index in [2.05, 4.69) is 5.32 Å². The zero-order chi connectivity index (χ0) is 22.7. The van der Waals surface area contributed by atoms with E-state index < -0.39 is 0 Å². The van der Waals surface area contributed by atoms with Crippen LogP contribution in [0.4, 0.5) is 0 Å². The van der Waals surface area contributed by atoms with Gasteiger partial charge in [0.2, 0.25) is 5.91 Å². The second-order valence-corrected chi connectivity index (χ2v) is 10.3. The van der Waals surface area contributed by atoms with E-state index in [1.54, 1.807) is 11.8 Å². The van der Waals surface area contributed by atoms with Crippen LogP contribution >= 0.6 is 11.8 Å². The zero-order valence-electron chi connectivity index (χ0n) is 18.8. The molecular weight excluding hydrogens is 424 g/mol. The minimum Gasteiger partial charge on any atom is -0.466 e. The first-order valence-corrected chi connectivity index (χ1v) is 12.5. The zero-order valence-corrected chi connectivity index (χ0v) is 19.7. The van der Waals surface area contributed by atoms with E-state index >= 15 is 0 Å². The molecule has 2 saturated heterocycles. The summed E-state index contributed by atoms with van der Waals surface area (Å²) in [5, 5.41) is 3.47. The minimum atomic E-state index is -0.142. The topological polar surface area (TPSA) is 75.7 Å². The van der Waals surface area contributed by atoms with Gasteiger partial charge in [-0.1, -0.05) is 29.8 Å². The van der Waals surface area contributed by atoms with Crippen molar-refractivity contribution in [2.45, 2.75) is 57.2 Å². The molecule has 0 aromatic heterocycles. The molecule has 1 aromatic carbocycles. The van der Waals surface area contributed by atoms with Crippen molar-refractivity contribution in [3.8, 4) is 0 Å². The summed E-state index contributed by atoms with van der Waals surface area (Å²) in [5.41, 5.74) is 2.22. The number of amides is 2. The lowest BCUT2D eigenvalue weighted by atomic mass is 9.83. The van der Waals surface area contributed by atoms with Crippen LogP contribution in [-0.4, -0.2) is 53.7 Å². The lowest BCUT2D eigenvalue weighted by Crippen LogP contribution is -2.52. The monoisotopic (exact) mass is 456 g/mol. The van der Waals surface area contributed by atoms with Gasteiger partial charge in [0, 0.05) is 30.3 Å². The number of piperidine rings is 1. The van der Waals surface area contributed by atoms with E-state index in [4.69, 9.17) is 4.74 Å². The van der Waals surface area contributed by atoms with E-state index in [0.29, 0.717) is 44.2 Å². The first kappa shape index (κ1) is 22.9. The molecule has 0 radical (unpaired) electrons. The van der Waals surface area contributed by atoms with Crippen molar-refractivity contribution >= 4 is 35.6 Å². The Labute approximate surface area is 194 Å². The maximum atomic E-state index is 13.1. The number of hydrogen-bond acceptors (Lipinski definition) is 5. The van der Waals surface area contributed by atoms with Crippen LogP contribution in [0.1, 0.15) is 50.2 Å². The Morgan fingerprint density at radius 1 is 1.12 bits per heavy atom. The number of carbonyl (C=O) groups is 3. The normalized spacial score (nSPS) is 27.6. The summed E-state index contributed by atoms with van der Waals surface area (Å²) in [7, 11) is 0. The Morgan fingerprint density at radius 3 is 2.53 bits per heavy atom. The van der Waals surface area contributed by atoms with Gasteiger partial charge in [-0.3, -0.25) is 14.4 Å². The number of ether oxygens (including phenoxy) is 1. The predicted molar refractivity (Wildman–Crippen MR) is 126 cm³/mol. The Morgan fingerprint density at radius 2 is 1.84 bits per heavy atom. The second-order valence-electron chi connectivity index (χ2n) is 9.02. The van der Waals surface area contributed by atoms with Crippen LogP contribution in [-0.2, 0) is 19.1 Å². The van der Waals surface area contributed by atoms with Crippen LogP contribution in [0.3, 0.4) is 0 Å². The molecule has 6 nitrogen and oxygen atoms in total. The van der Waals surface area contributed by atoms with Crippen LogP contribution in [0, 0.1) is 18.8 Å². The molecule has 3 fully saturated rings. The van der Waals surface area contributed by atoms with Crippen molar-refractivity contribution in [3.63, 3.8) is 0 Å². The Bertz CT molecular complexity index is 890. The summed E-state index contributed by atoms with van der Waals surface area (Å²) in [5.74, 6) is -0.163. The highest BCUT2D eigenvalue weighted by Crippen LogP contribution is 2.40. The SMILES string of the molecule is CCOC(=O)C1CCN(C(=O)C2CCC3S/C(=C/c4ccc(C)cc4)C(=O)NC3C2)CC1. The summed E-state index contributed by atoms with van der Waals surface area (Å²) in [6.07, 6.45) is 5.75. The van der Waals surface area contributed by atoms with E-state index in [1.807, 2.05) is 49.1 Å². The van der Waals surface area contributed by atoms with E-state index in [-0.39, 0.29) is 35.7 Å². The van der Waals surface area contributed by atoms with Gasteiger partial charge >= 0.3 is 5.97 Å². The van der Waals surface area contributed by atoms with E-state index in [1.165, 1.54) is 5.56 Å². The quantitative estimate of drug-likeness (QED) is 0.554. The molecule has 4 rings (SSSR count). The molecule has 1 aliphatic carbocycles. The number of hydrogen-bond donors (Lipinski definition) is 1. The molecule has 3 unspecified atom stereocenters. The molecule has 0 bridgehead atoms. The highest BCUT2D eigenvalue weighted by molar-refractivity contribution is 8.04. The van der Waals surface area contributed by atoms with Crippen LogP contribution in [0.5, 0.6) is 0 Å². The minimum absolute atomic E-state index is 0.0300. The highest BCUT2D eigenvalue weighted by Gasteiger charge is 2.41. The molecule has 7 heteroatoms. The van der Waals surface area contributed by atoms with Crippen LogP contribution in [0.15, 0.2) is 29.2 Å². The molecule has 1 aromatic rings. The van der Waals surface area contributed by atoms with Crippen LogP contribution < -0.4 is 5.32 Å². The third-order valence-electron chi connectivity index (χ3n) is 6.76. The number of thioether (sulfide) groups is 1. The molecule has 2 heterocycles. The molecule has 2 amide bonds. The highest BCUT2D eigenvalue weighted by atomic mass is 32.2. The van der Waals surface area contributed by atoms with Crippen LogP contribution in [0.25, 0.3) is 6.08 Å². The lowest BCUT2D eigenvalue weighted by Gasteiger charge is -2.41.